The molecule has 1 aromatic carbocycles. The van der Waals surface area contributed by atoms with Gasteiger partial charge in [0.25, 0.3) is 5.56 Å². The number of carbonyl (C=O) groups is 1. The molecule has 1 atom stereocenters. The number of hydrogen-bond acceptors (Lipinski definition) is 4. The lowest BCUT2D eigenvalue weighted by molar-refractivity contribution is -0.126. The number of fused-ring (bicyclic) bond motifs is 1. The normalized spacial score (nSPS) is 12.6. The molecule has 0 spiro atoms. The molecule has 2 aromatic rings. The number of carbonyl (C=O) groups excluding carboxylic acids is 1. The van der Waals surface area contributed by atoms with Gasteiger partial charge in [0.05, 0.1) is 23.8 Å². The molecule has 0 fully saturated rings. The molecule has 1 unspecified atom stereocenters. The van der Waals surface area contributed by atoms with Crippen molar-refractivity contribution in [2.75, 3.05) is 0 Å². The zero-order chi connectivity index (χ0) is 13.3. The molecule has 6 nitrogen and oxygen atoms in total. The van der Waals surface area contributed by atoms with E-state index in [-0.39, 0.29) is 12.1 Å². The fraction of sp³-hybridized carbons (Fsp3) is 0.182. The second kappa shape index (κ2) is 4.87. The average Bonchev–Trinajstić information content (AvgIpc) is 2.33. The number of aromatic nitrogens is 2. The minimum Gasteiger partial charge on any atom is -0.381 e. The molecule has 0 saturated carbocycles. The first-order valence-electron chi connectivity index (χ1n) is 5.11. The largest absolute Gasteiger partial charge is 0.381 e. The number of hydrogen-bond donors (Lipinski definition) is 2. The molecule has 1 amide bonds. The van der Waals surface area contributed by atoms with Crippen molar-refractivity contribution in [1.82, 2.24) is 9.55 Å². The SMILES string of the molecule is NC(=O)C(O)Cn1cnc2ccc(Br)cc2c1=O. The minimum atomic E-state index is -1.41. The van der Waals surface area contributed by atoms with Gasteiger partial charge in [-0.3, -0.25) is 14.2 Å². The summed E-state index contributed by atoms with van der Waals surface area (Å²) in [5.74, 6) is -0.878. The maximum absolute atomic E-state index is 12.1. The number of amides is 1. The van der Waals surface area contributed by atoms with Crippen LogP contribution in [0, 0.1) is 0 Å². The fourth-order valence-electron chi connectivity index (χ4n) is 1.54. The van der Waals surface area contributed by atoms with Gasteiger partial charge in [-0.15, -0.1) is 0 Å². The summed E-state index contributed by atoms with van der Waals surface area (Å²) in [5.41, 5.74) is 5.16. The Kier molecular flexibility index (Phi) is 3.44. The van der Waals surface area contributed by atoms with E-state index < -0.39 is 12.0 Å². The van der Waals surface area contributed by atoms with E-state index in [1.54, 1.807) is 18.2 Å². The molecule has 3 N–H and O–H groups in total. The van der Waals surface area contributed by atoms with Gasteiger partial charge >= 0.3 is 0 Å². The molecule has 94 valence electrons. The van der Waals surface area contributed by atoms with E-state index in [9.17, 15) is 14.7 Å². The van der Waals surface area contributed by atoms with E-state index in [0.717, 1.165) is 9.04 Å². The van der Waals surface area contributed by atoms with Gasteiger partial charge in [0.2, 0.25) is 5.91 Å². The van der Waals surface area contributed by atoms with Crippen LogP contribution in [0.5, 0.6) is 0 Å². The van der Waals surface area contributed by atoms with Crippen LogP contribution in [0.15, 0.2) is 33.8 Å². The van der Waals surface area contributed by atoms with Gasteiger partial charge in [-0.25, -0.2) is 4.98 Å². The van der Waals surface area contributed by atoms with Crippen LogP contribution in [0.2, 0.25) is 0 Å². The Bertz CT molecular complexity index is 668. The van der Waals surface area contributed by atoms with E-state index in [2.05, 4.69) is 20.9 Å². The molecule has 2 rings (SSSR count). The van der Waals surface area contributed by atoms with Crippen molar-refractivity contribution >= 4 is 32.7 Å². The Morgan fingerprint density at radius 3 is 2.94 bits per heavy atom. The lowest BCUT2D eigenvalue weighted by Gasteiger charge is -2.09. The van der Waals surface area contributed by atoms with Crippen molar-refractivity contribution in [3.63, 3.8) is 0 Å². The summed E-state index contributed by atoms with van der Waals surface area (Å²) in [4.78, 5) is 26.9. The van der Waals surface area contributed by atoms with Gasteiger partial charge in [-0.1, -0.05) is 15.9 Å². The lowest BCUT2D eigenvalue weighted by Crippen LogP contribution is -2.35. The summed E-state index contributed by atoms with van der Waals surface area (Å²) in [6, 6.07) is 5.12. The molecular weight excluding hydrogens is 302 g/mol. The van der Waals surface area contributed by atoms with Crippen molar-refractivity contribution in [2.24, 2.45) is 5.73 Å². The van der Waals surface area contributed by atoms with E-state index in [1.807, 2.05) is 0 Å². The second-order valence-corrected chi connectivity index (χ2v) is 4.70. The predicted octanol–water partition coefficient (Wildman–Crippen LogP) is 0.00520. The highest BCUT2D eigenvalue weighted by atomic mass is 79.9. The van der Waals surface area contributed by atoms with Crippen molar-refractivity contribution in [3.8, 4) is 0 Å². The topological polar surface area (TPSA) is 98.2 Å². The standard InChI is InChI=1S/C11H10BrN3O3/c12-6-1-2-8-7(3-6)11(18)15(5-14-8)4-9(16)10(13)17/h1-3,5,9,16H,4H2,(H2,13,17). The predicted molar refractivity (Wildman–Crippen MR) is 68.9 cm³/mol. The molecule has 0 saturated heterocycles. The van der Waals surface area contributed by atoms with Crippen LogP contribution in [0.25, 0.3) is 10.9 Å². The van der Waals surface area contributed by atoms with Crippen LogP contribution in [0.4, 0.5) is 0 Å². The average molecular weight is 312 g/mol. The van der Waals surface area contributed by atoms with Crippen LogP contribution in [0.1, 0.15) is 0 Å². The van der Waals surface area contributed by atoms with E-state index in [0.29, 0.717) is 10.9 Å². The lowest BCUT2D eigenvalue weighted by atomic mass is 10.2. The third-order valence-electron chi connectivity index (χ3n) is 2.48. The van der Waals surface area contributed by atoms with Crippen molar-refractivity contribution < 1.29 is 9.90 Å². The molecule has 1 heterocycles. The number of aliphatic hydroxyl groups is 1. The summed E-state index contributed by atoms with van der Waals surface area (Å²) in [6.45, 7) is -0.205. The number of nitrogens with zero attached hydrogens (tertiary/aromatic N) is 2. The summed E-state index contributed by atoms with van der Waals surface area (Å²) in [6.07, 6.45) is -0.126. The van der Waals surface area contributed by atoms with Crippen molar-refractivity contribution in [3.05, 3.63) is 39.4 Å². The molecule has 18 heavy (non-hydrogen) atoms. The monoisotopic (exact) mass is 311 g/mol. The highest BCUT2D eigenvalue weighted by Crippen LogP contribution is 2.14. The number of benzene rings is 1. The molecule has 1 aromatic heterocycles. The van der Waals surface area contributed by atoms with Crippen LogP contribution in [0.3, 0.4) is 0 Å². The maximum atomic E-state index is 12.1. The summed E-state index contributed by atoms with van der Waals surface area (Å²) < 4.78 is 1.91. The third kappa shape index (κ3) is 2.41. The van der Waals surface area contributed by atoms with Crippen LogP contribution in [-0.4, -0.2) is 26.7 Å². The van der Waals surface area contributed by atoms with Crippen LogP contribution >= 0.6 is 15.9 Å². The first kappa shape index (κ1) is 12.7. The molecule has 0 aliphatic heterocycles. The molecule has 0 bridgehead atoms. The Morgan fingerprint density at radius 1 is 1.56 bits per heavy atom. The zero-order valence-electron chi connectivity index (χ0n) is 9.21. The molecular formula is C11H10BrN3O3. The highest BCUT2D eigenvalue weighted by Gasteiger charge is 2.13. The Balaban J connectivity index is 2.51. The van der Waals surface area contributed by atoms with Gasteiger partial charge in [-0.05, 0) is 18.2 Å². The molecule has 0 aliphatic carbocycles. The van der Waals surface area contributed by atoms with Crippen molar-refractivity contribution in [1.29, 1.82) is 0 Å². The number of nitrogens with two attached hydrogens (primary N) is 1. The van der Waals surface area contributed by atoms with Crippen molar-refractivity contribution in [2.45, 2.75) is 12.6 Å². The first-order chi connectivity index (χ1) is 8.49. The van der Waals surface area contributed by atoms with Gasteiger partial charge in [0.15, 0.2) is 0 Å². The van der Waals surface area contributed by atoms with Gasteiger partial charge in [-0.2, -0.15) is 0 Å². The zero-order valence-corrected chi connectivity index (χ0v) is 10.8. The maximum Gasteiger partial charge on any atom is 0.261 e. The number of rotatable bonds is 3. The third-order valence-corrected chi connectivity index (χ3v) is 2.98. The number of primary amides is 1. The van der Waals surface area contributed by atoms with E-state index in [1.165, 1.54) is 6.33 Å². The van der Waals surface area contributed by atoms with Gasteiger partial charge in [0.1, 0.15) is 6.10 Å². The fourth-order valence-corrected chi connectivity index (χ4v) is 1.90. The van der Waals surface area contributed by atoms with E-state index in [4.69, 9.17) is 5.73 Å². The second-order valence-electron chi connectivity index (χ2n) is 3.78. The molecule has 0 radical (unpaired) electrons. The Labute approximate surface area is 110 Å². The summed E-state index contributed by atoms with van der Waals surface area (Å²) in [5, 5.41) is 9.77. The Hall–Kier alpha value is -1.73. The van der Waals surface area contributed by atoms with Gasteiger partial charge in [0, 0.05) is 4.47 Å². The summed E-state index contributed by atoms with van der Waals surface area (Å²) in [7, 11) is 0. The summed E-state index contributed by atoms with van der Waals surface area (Å²) >= 11 is 3.27. The number of aliphatic hydroxyl groups excluding tert-OH is 1. The Morgan fingerprint density at radius 2 is 2.28 bits per heavy atom. The minimum absolute atomic E-state index is 0.205. The molecule has 0 aliphatic rings. The quantitative estimate of drug-likeness (QED) is 0.834. The first-order valence-corrected chi connectivity index (χ1v) is 5.90. The van der Waals surface area contributed by atoms with Crippen LogP contribution < -0.4 is 11.3 Å². The van der Waals surface area contributed by atoms with Gasteiger partial charge < -0.3 is 10.8 Å². The highest BCUT2D eigenvalue weighted by molar-refractivity contribution is 9.10. The van der Waals surface area contributed by atoms with Crippen LogP contribution in [-0.2, 0) is 11.3 Å². The smallest absolute Gasteiger partial charge is 0.261 e. The number of halogens is 1. The van der Waals surface area contributed by atoms with E-state index >= 15 is 0 Å². The molecule has 7 heteroatoms.